The number of thioether (sulfide) groups is 1. The highest BCUT2D eigenvalue weighted by Crippen LogP contribution is 2.20. The molecule has 0 aliphatic carbocycles. The highest BCUT2D eigenvalue weighted by Gasteiger charge is 2.17. The fourth-order valence-electron chi connectivity index (χ4n) is 1.98. The van der Waals surface area contributed by atoms with Gasteiger partial charge < -0.3 is 10.5 Å². The van der Waals surface area contributed by atoms with Crippen LogP contribution in [0.2, 0.25) is 0 Å². The van der Waals surface area contributed by atoms with Crippen LogP contribution in [0, 0.1) is 0 Å². The van der Waals surface area contributed by atoms with E-state index in [4.69, 9.17) is 10.5 Å². The molecule has 0 radical (unpaired) electrons. The summed E-state index contributed by atoms with van der Waals surface area (Å²) >= 11 is 2.04. The summed E-state index contributed by atoms with van der Waals surface area (Å²) in [6.45, 7) is 5.14. The Balaban J connectivity index is 1.77. The second-order valence-electron chi connectivity index (χ2n) is 4.35. The second kappa shape index (κ2) is 6.17. The standard InChI is InChI=1S/C13H20N2OS/c1-11-10-17-9-7-15(11)6-8-16-13-5-3-2-4-12(13)14/h2-5,11H,6-10,14H2,1H3. The van der Waals surface area contributed by atoms with Crippen molar-refractivity contribution < 1.29 is 4.74 Å². The zero-order valence-corrected chi connectivity index (χ0v) is 11.1. The zero-order valence-electron chi connectivity index (χ0n) is 10.3. The van der Waals surface area contributed by atoms with Crippen molar-refractivity contribution in [3.05, 3.63) is 24.3 Å². The molecule has 1 aliphatic rings. The average molecular weight is 252 g/mol. The van der Waals surface area contributed by atoms with E-state index in [1.165, 1.54) is 18.1 Å². The highest BCUT2D eigenvalue weighted by atomic mass is 32.2. The maximum atomic E-state index is 5.83. The van der Waals surface area contributed by atoms with E-state index < -0.39 is 0 Å². The van der Waals surface area contributed by atoms with Crippen molar-refractivity contribution in [3.8, 4) is 5.75 Å². The first kappa shape index (κ1) is 12.6. The summed E-state index contributed by atoms with van der Waals surface area (Å²) in [7, 11) is 0. The van der Waals surface area contributed by atoms with E-state index in [1.807, 2.05) is 36.0 Å². The van der Waals surface area contributed by atoms with Crippen molar-refractivity contribution in [1.29, 1.82) is 0 Å². The van der Waals surface area contributed by atoms with Crippen molar-refractivity contribution in [2.45, 2.75) is 13.0 Å². The van der Waals surface area contributed by atoms with Crippen LogP contribution in [0.5, 0.6) is 5.75 Å². The Hall–Kier alpha value is -0.870. The molecule has 3 nitrogen and oxygen atoms in total. The van der Waals surface area contributed by atoms with Crippen molar-refractivity contribution in [1.82, 2.24) is 4.90 Å². The Morgan fingerprint density at radius 2 is 2.29 bits per heavy atom. The summed E-state index contributed by atoms with van der Waals surface area (Å²) in [4.78, 5) is 2.48. The van der Waals surface area contributed by atoms with Crippen LogP contribution < -0.4 is 10.5 Å². The third-order valence-electron chi connectivity index (χ3n) is 3.06. The maximum Gasteiger partial charge on any atom is 0.142 e. The third-order valence-corrected chi connectivity index (χ3v) is 4.25. The first-order valence-corrected chi connectivity index (χ1v) is 7.22. The molecule has 0 aromatic heterocycles. The number of nitrogens with two attached hydrogens (primary N) is 1. The average Bonchev–Trinajstić information content (AvgIpc) is 2.34. The summed E-state index contributed by atoms with van der Waals surface area (Å²) in [6, 6.07) is 8.32. The zero-order chi connectivity index (χ0) is 12.1. The van der Waals surface area contributed by atoms with Gasteiger partial charge in [-0.1, -0.05) is 12.1 Å². The number of ether oxygens (including phenoxy) is 1. The van der Waals surface area contributed by atoms with Crippen LogP contribution in [0.4, 0.5) is 5.69 Å². The van der Waals surface area contributed by atoms with Gasteiger partial charge in [0.05, 0.1) is 5.69 Å². The van der Waals surface area contributed by atoms with E-state index in [0.717, 1.165) is 18.0 Å². The minimum atomic E-state index is 0.658. The lowest BCUT2D eigenvalue weighted by Crippen LogP contribution is -2.42. The lowest BCUT2D eigenvalue weighted by molar-refractivity contribution is 0.183. The Labute approximate surface area is 107 Å². The van der Waals surface area contributed by atoms with Gasteiger partial charge >= 0.3 is 0 Å². The van der Waals surface area contributed by atoms with E-state index in [0.29, 0.717) is 12.6 Å². The molecular weight excluding hydrogens is 232 g/mol. The number of anilines is 1. The maximum absolute atomic E-state index is 5.83. The van der Waals surface area contributed by atoms with Crippen molar-refractivity contribution in [2.24, 2.45) is 0 Å². The van der Waals surface area contributed by atoms with E-state index >= 15 is 0 Å². The molecule has 1 aliphatic heterocycles. The summed E-state index contributed by atoms with van der Waals surface area (Å²) in [5, 5.41) is 0. The number of hydrogen-bond acceptors (Lipinski definition) is 4. The lowest BCUT2D eigenvalue weighted by Gasteiger charge is -2.32. The fraction of sp³-hybridized carbons (Fsp3) is 0.538. The predicted octanol–water partition coefficient (Wildman–Crippen LogP) is 2.08. The molecule has 0 saturated carbocycles. The number of rotatable bonds is 4. The molecular formula is C13H20N2OS. The van der Waals surface area contributed by atoms with Crippen LogP contribution in [0.15, 0.2) is 24.3 Å². The van der Waals surface area contributed by atoms with Gasteiger partial charge in [0.2, 0.25) is 0 Å². The van der Waals surface area contributed by atoms with Gasteiger partial charge in [-0.25, -0.2) is 0 Å². The first-order valence-electron chi connectivity index (χ1n) is 6.06. The van der Waals surface area contributed by atoms with Gasteiger partial charge in [0.15, 0.2) is 0 Å². The monoisotopic (exact) mass is 252 g/mol. The van der Waals surface area contributed by atoms with Crippen LogP contribution in [-0.2, 0) is 0 Å². The van der Waals surface area contributed by atoms with Gasteiger partial charge in [-0.2, -0.15) is 11.8 Å². The van der Waals surface area contributed by atoms with Gasteiger partial charge in [-0.05, 0) is 19.1 Å². The molecule has 0 bridgehead atoms. The largest absolute Gasteiger partial charge is 0.490 e. The Bertz CT molecular complexity index is 359. The van der Waals surface area contributed by atoms with E-state index in [2.05, 4.69) is 11.8 Å². The lowest BCUT2D eigenvalue weighted by atomic mass is 10.3. The molecule has 17 heavy (non-hydrogen) atoms. The van der Waals surface area contributed by atoms with Crippen LogP contribution in [0.25, 0.3) is 0 Å². The van der Waals surface area contributed by atoms with Crippen LogP contribution in [0.3, 0.4) is 0 Å². The van der Waals surface area contributed by atoms with Crippen molar-refractivity contribution >= 4 is 17.4 Å². The molecule has 1 aromatic carbocycles. The molecule has 94 valence electrons. The molecule has 2 N–H and O–H groups in total. The quantitative estimate of drug-likeness (QED) is 0.833. The minimum absolute atomic E-state index is 0.658. The molecule has 0 spiro atoms. The van der Waals surface area contributed by atoms with Gasteiger partial charge in [-0.15, -0.1) is 0 Å². The molecule has 1 atom stereocenters. The van der Waals surface area contributed by atoms with Crippen molar-refractivity contribution in [2.75, 3.05) is 36.9 Å². The molecule has 2 rings (SSSR count). The first-order chi connectivity index (χ1) is 8.27. The minimum Gasteiger partial charge on any atom is -0.490 e. The summed E-state index contributed by atoms with van der Waals surface area (Å²) < 4.78 is 5.71. The highest BCUT2D eigenvalue weighted by molar-refractivity contribution is 7.99. The van der Waals surface area contributed by atoms with E-state index in [9.17, 15) is 0 Å². The molecule has 1 heterocycles. The van der Waals surface area contributed by atoms with Crippen molar-refractivity contribution in [3.63, 3.8) is 0 Å². The molecule has 4 heteroatoms. The fourth-order valence-corrected chi connectivity index (χ4v) is 3.06. The summed E-state index contributed by atoms with van der Waals surface area (Å²) in [5.41, 5.74) is 6.54. The Morgan fingerprint density at radius 3 is 3.06 bits per heavy atom. The second-order valence-corrected chi connectivity index (χ2v) is 5.50. The molecule has 0 amide bonds. The van der Waals surface area contributed by atoms with Crippen LogP contribution in [-0.4, -0.2) is 42.1 Å². The topological polar surface area (TPSA) is 38.5 Å². The van der Waals surface area contributed by atoms with Gasteiger partial charge in [0.1, 0.15) is 12.4 Å². The van der Waals surface area contributed by atoms with E-state index in [1.54, 1.807) is 0 Å². The van der Waals surface area contributed by atoms with Gasteiger partial charge in [-0.3, -0.25) is 4.90 Å². The number of hydrogen-bond donors (Lipinski definition) is 1. The predicted molar refractivity (Wildman–Crippen MR) is 74.7 cm³/mol. The summed E-state index contributed by atoms with van der Waals surface area (Å²) in [6.07, 6.45) is 0. The number of benzene rings is 1. The summed E-state index contributed by atoms with van der Waals surface area (Å²) in [5.74, 6) is 3.26. The van der Waals surface area contributed by atoms with Gasteiger partial charge in [0.25, 0.3) is 0 Å². The Kier molecular flexibility index (Phi) is 4.57. The third kappa shape index (κ3) is 3.54. The Morgan fingerprint density at radius 1 is 1.47 bits per heavy atom. The SMILES string of the molecule is CC1CSCCN1CCOc1ccccc1N. The molecule has 1 saturated heterocycles. The molecule has 1 aromatic rings. The normalized spacial score (nSPS) is 21.4. The molecule has 1 fully saturated rings. The van der Waals surface area contributed by atoms with E-state index in [-0.39, 0.29) is 0 Å². The smallest absolute Gasteiger partial charge is 0.142 e. The van der Waals surface area contributed by atoms with Gasteiger partial charge in [0, 0.05) is 30.6 Å². The van der Waals surface area contributed by atoms with Crippen LogP contribution in [0.1, 0.15) is 6.92 Å². The number of nitrogens with zero attached hydrogens (tertiary/aromatic N) is 1. The number of para-hydroxylation sites is 2. The number of nitrogen functional groups attached to an aromatic ring is 1. The molecule has 1 unspecified atom stereocenters. The van der Waals surface area contributed by atoms with Crippen LogP contribution >= 0.6 is 11.8 Å².